The topological polar surface area (TPSA) is 46.2 Å². The molecule has 0 spiro atoms. The van der Waals surface area contributed by atoms with Gasteiger partial charge in [-0.05, 0) is 32.2 Å². The molecule has 3 atom stereocenters. The Kier molecular flexibility index (Phi) is 5.93. The van der Waals surface area contributed by atoms with Crippen LogP contribution in [0.4, 0.5) is 0 Å². The molecule has 1 saturated carbocycles. The van der Waals surface area contributed by atoms with Gasteiger partial charge in [-0.3, -0.25) is 0 Å². The van der Waals surface area contributed by atoms with Gasteiger partial charge in [0.1, 0.15) is 0 Å². The summed E-state index contributed by atoms with van der Waals surface area (Å²) in [5, 5.41) is 3.05. The minimum Gasteiger partial charge on any atom is -0.316 e. The summed E-state index contributed by atoms with van der Waals surface area (Å²) in [4.78, 5) is 0. The smallest absolute Gasteiger partial charge is 0.154 e. The molecule has 17 heavy (non-hydrogen) atoms. The van der Waals surface area contributed by atoms with E-state index in [4.69, 9.17) is 0 Å². The third kappa shape index (κ3) is 4.59. The molecule has 0 radical (unpaired) electrons. The first kappa shape index (κ1) is 15.0. The maximum Gasteiger partial charge on any atom is 0.154 e. The van der Waals surface area contributed by atoms with Crippen molar-refractivity contribution in [3.8, 4) is 0 Å². The maximum atomic E-state index is 12.3. The van der Waals surface area contributed by atoms with Crippen molar-refractivity contribution in [2.75, 3.05) is 12.8 Å². The molecule has 0 aromatic rings. The molecule has 0 aromatic carbocycles. The van der Waals surface area contributed by atoms with Crippen LogP contribution in [0.1, 0.15) is 52.4 Å². The van der Waals surface area contributed by atoms with E-state index in [0.717, 1.165) is 32.1 Å². The third-order valence-electron chi connectivity index (χ3n) is 3.88. The molecule has 0 aromatic heterocycles. The van der Waals surface area contributed by atoms with Crippen molar-refractivity contribution in [2.45, 2.75) is 63.7 Å². The van der Waals surface area contributed by atoms with Gasteiger partial charge in [0.2, 0.25) is 0 Å². The average molecular weight is 261 g/mol. The van der Waals surface area contributed by atoms with Crippen LogP contribution in [0.3, 0.4) is 0 Å². The Morgan fingerprint density at radius 3 is 2.59 bits per heavy atom. The van der Waals surface area contributed by atoms with E-state index in [2.05, 4.69) is 19.2 Å². The summed E-state index contributed by atoms with van der Waals surface area (Å²) in [7, 11) is -1.05. The Labute approximate surface area is 106 Å². The highest BCUT2D eigenvalue weighted by molar-refractivity contribution is 7.92. The average Bonchev–Trinajstić information content (AvgIpc) is 2.28. The second-order valence-corrected chi connectivity index (χ2v) is 7.82. The predicted octanol–water partition coefficient (Wildman–Crippen LogP) is 2.37. The molecule has 3 unspecified atom stereocenters. The van der Waals surface area contributed by atoms with Crippen LogP contribution < -0.4 is 5.32 Å². The molecule has 102 valence electrons. The lowest BCUT2D eigenvalue weighted by atomic mass is 9.91. The van der Waals surface area contributed by atoms with Crippen LogP contribution in [0, 0.1) is 5.92 Å². The summed E-state index contributed by atoms with van der Waals surface area (Å²) < 4.78 is 24.7. The molecule has 1 aliphatic carbocycles. The summed E-state index contributed by atoms with van der Waals surface area (Å²) >= 11 is 0. The van der Waals surface area contributed by atoms with E-state index >= 15 is 0 Å². The van der Waals surface area contributed by atoms with Crippen molar-refractivity contribution < 1.29 is 8.42 Å². The minimum absolute atomic E-state index is 0.0843. The van der Waals surface area contributed by atoms with Gasteiger partial charge in [-0.2, -0.15) is 0 Å². The number of hydrogen-bond acceptors (Lipinski definition) is 3. The predicted molar refractivity (Wildman–Crippen MR) is 73.0 cm³/mol. The van der Waals surface area contributed by atoms with Crippen LogP contribution >= 0.6 is 0 Å². The summed E-state index contributed by atoms with van der Waals surface area (Å²) in [6.07, 6.45) is 5.97. The van der Waals surface area contributed by atoms with Gasteiger partial charge in [0, 0.05) is 6.04 Å². The minimum atomic E-state index is -2.91. The lowest BCUT2D eigenvalue weighted by molar-refractivity contribution is 0.380. The van der Waals surface area contributed by atoms with Gasteiger partial charge in [-0.15, -0.1) is 0 Å². The molecule has 0 saturated heterocycles. The fraction of sp³-hybridized carbons (Fsp3) is 1.00. The highest BCUT2D eigenvalue weighted by Gasteiger charge is 2.31. The van der Waals surface area contributed by atoms with Crippen LogP contribution in [0.2, 0.25) is 0 Å². The Balaban J connectivity index is 2.60. The molecule has 3 nitrogen and oxygen atoms in total. The molecule has 4 heteroatoms. The van der Waals surface area contributed by atoms with Crippen molar-refractivity contribution in [1.29, 1.82) is 0 Å². The molecule has 1 N–H and O–H groups in total. The Bertz CT molecular complexity index is 313. The number of nitrogens with one attached hydrogen (secondary N) is 1. The van der Waals surface area contributed by atoms with Crippen molar-refractivity contribution >= 4 is 9.84 Å². The van der Waals surface area contributed by atoms with Crippen molar-refractivity contribution in [3.05, 3.63) is 0 Å². The van der Waals surface area contributed by atoms with Crippen molar-refractivity contribution in [3.63, 3.8) is 0 Å². The first-order valence-corrected chi connectivity index (χ1v) is 8.60. The van der Waals surface area contributed by atoms with E-state index in [9.17, 15) is 8.42 Å². The second kappa shape index (κ2) is 6.74. The summed E-state index contributed by atoms with van der Waals surface area (Å²) in [6, 6.07) is 0.127. The lowest BCUT2D eigenvalue weighted by Crippen LogP contribution is -2.38. The molecule has 1 rings (SSSR count). The Hall–Kier alpha value is -0.0900. The molecule has 1 aliphatic rings. The van der Waals surface area contributed by atoms with Gasteiger partial charge >= 0.3 is 0 Å². The Morgan fingerprint density at radius 1 is 1.35 bits per heavy atom. The molecular weight excluding hydrogens is 234 g/mol. The molecule has 0 heterocycles. The zero-order valence-corrected chi connectivity index (χ0v) is 12.2. The van der Waals surface area contributed by atoms with Gasteiger partial charge in [0.05, 0.1) is 11.0 Å². The fourth-order valence-corrected chi connectivity index (χ4v) is 5.09. The normalized spacial score (nSPS) is 27.9. The highest BCUT2D eigenvalue weighted by Crippen LogP contribution is 2.29. The first-order chi connectivity index (χ1) is 7.99. The highest BCUT2D eigenvalue weighted by atomic mass is 32.2. The van der Waals surface area contributed by atoms with E-state index in [0.29, 0.717) is 11.7 Å². The van der Waals surface area contributed by atoms with E-state index < -0.39 is 9.84 Å². The molecular formula is C13H27NO2S. The molecule has 0 bridgehead atoms. The number of sulfone groups is 1. The zero-order valence-electron chi connectivity index (χ0n) is 11.4. The summed E-state index contributed by atoms with van der Waals surface area (Å²) in [5.41, 5.74) is 0. The fourth-order valence-electron chi connectivity index (χ4n) is 2.78. The van der Waals surface area contributed by atoms with Crippen LogP contribution in [-0.4, -0.2) is 32.5 Å². The molecule has 0 aliphatic heterocycles. The maximum absolute atomic E-state index is 12.3. The number of hydrogen-bond donors (Lipinski definition) is 1. The molecule has 1 fully saturated rings. The van der Waals surface area contributed by atoms with Crippen LogP contribution in [0.25, 0.3) is 0 Å². The van der Waals surface area contributed by atoms with Crippen LogP contribution in [0.5, 0.6) is 0 Å². The quantitative estimate of drug-likeness (QED) is 0.798. The van der Waals surface area contributed by atoms with Gasteiger partial charge in [0.25, 0.3) is 0 Å². The lowest BCUT2D eigenvalue weighted by Gasteiger charge is -2.28. The second-order valence-electron chi connectivity index (χ2n) is 5.50. The summed E-state index contributed by atoms with van der Waals surface area (Å²) in [5.74, 6) is 0.886. The van der Waals surface area contributed by atoms with Gasteiger partial charge in [-0.1, -0.05) is 33.1 Å². The van der Waals surface area contributed by atoms with Crippen LogP contribution in [-0.2, 0) is 9.84 Å². The van der Waals surface area contributed by atoms with Gasteiger partial charge in [0.15, 0.2) is 9.84 Å². The van der Waals surface area contributed by atoms with Crippen molar-refractivity contribution in [1.82, 2.24) is 5.32 Å². The standard InChI is InChI=1S/C13H27NO2S/c1-4-6-12(14-3)10-17(15,16)13-8-5-7-11(2)9-13/h11-14H,4-10H2,1-3H3. The first-order valence-electron chi connectivity index (χ1n) is 6.88. The third-order valence-corrected chi connectivity index (χ3v) is 6.19. The molecule has 0 amide bonds. The van der Waals surface area contributed by atoms with E-state index in [1.54, 1.807) is 0 Å². The van der Waals surface area contributed by atoms with Crippen LogP contribution in [0.15, 0.2) is 0 Å². The zero-order chi connectivity index (χ0) is 12.9. The van der Waals surface area contributed by atoms with E-state index in [1.165, 1.54) is 6.42 Å². The SMILES string of the molecule is CCCC(CS(=O)(=O)C1CCCC(C)C1)NC. The van der Waals surface area contributed by atoms with Gasteiger partial charge < -0.3 is 5.32 Å². The van der Waals surface area contributed by atoms with Crippen molar-refractivity contribution in [2.24, 2.45) is 5.92 Å². The Morgan fingerprint density at radius 2 is 2.06 bits per heavy atom. The monoisotopic (exact) mass is 261 g/mol. The largest absolute Gasteiger partial charge is 0.316 e. The van der Waals surface area contributed by atoms with E-state index in [1.807, 2.05) is 7.05 Å². The number of rotatable bonds is 6. The summed E-state index contributed by atoms with van der Waals surface area (Å²) in [6.45, 7) is 4.27. The van der Waals surface area contributed by atoms with Gasteiger partial charge in [-0.25, -0.2) is 8.42 Å². The van der Waals surface area contributed by atoms with E-state index in [-0.39, 0.29) is 11.3 Å².